The van der Waals surface area contributed by atoms with Crippen LogP contribution in [0.15, 0.2) is 84.9 Å². The van der Waals surface area contributed by atoms with Crippen molar-refractivity contribution >= 4 is 6.09 Å². The van der Waals surface area contributed by atoms with Crippen LogP contribution in [0.2, 0.25) is 0 Å². The first-order valence-electron chi connectivity index (χ1n) is 11.2. The van der Waals surface area contributed by atoms with E-state index in [-0.39, 0.29) is 17.7 Å². The Bertz CT molecular complexity index is 1040. The predicted octanol–water partition coefficient (Wildman–Crippen LogP) is 6.33. The quantitative estimate of drug-likeness (QED) is 0.528. The number of carbonyl (C=O) groups is 1. The largest absolute Gasteiger partial charge is 0.443 e. The molecule has 0 saturated carbocycles. The van der Waals surface area contributed by atoms with Gasteiger partial charge in [-0.2, -0.15) is 0 Å². The lowest BCUT2D eigenvalue weighted by molar-refractivity contribution is 0.00918. The van der Waals surface area contributed by atoms with Crippen LogP contribution in [-0.4, -0.2) is 22.7 Å². The number of rotatable bonds is 4. The van der Waals surface area contributed by atoms with Crippen molar-refractivity contribution in [1.29, 1.82) is 0 Å². The van der Waals surface area contributed by atoms with Crippen LogP contribution in [0.4, 0.5) is 4.79 Å². The molecule has 1 heterocycles. The Hall–Kier alpha value is -3.11. The zero-order valence-corrected chi connectivity index (χ0v) is 19.3. The van der Waals surface area contributed by atoms with Crippen LogP contribution in [0.25, 0.3) is 11.1 Å². The second-order valence-electron chi connectivity index (χ2n) is 9.79. The summed E-state index contributed by atoms with van der Waals surface area (Å²) < 4.78 is 5.72. The standard InChI is InChI=1S/C28H32N2O2/c1-27(2,3)32-26(31)30-25(20-28(4,29-30)24-13-9-6-10-14-24)19-21-15-17-23(18-16-21)22-11-7-5-8-12-22/h5-18,25,29H,19-20H2,1-4H3/t25-,28-/m0/s1. The maximum Gasteiger partial charge on any atom is 0.425 e. The summed E-state index contributed by atoms with van der Waals surface area (Å²) in [7, 11) is 0. The summed E-state index contributed by atoms with van der Waals surface area (Å²) in [6, 6.07) is 29.3. The minimum absolute atomic E-state index is 0.0161. The van der Waals surface area contributed by atoms with Gasteiger partial charge in [0, 0.05) is 0 Å². The van der Waals surface area contributed by atoms with Gasteiger partial charge < -0.3 is 4.74 Å². The molecule has 0 bridgehead atoms. The fourth-order valence-corrected chi connectivity index (χ4v) is 4.36. The molecular weight excluding hydrogens is 396 g/mol. The summed E-state index contributed by atoms with van der Waals surface area (Å²) in [5.41, 5.74) is 7.34. The Labute approximate surface area is 191 Å². The average molecular weight is 429 g/mol. The van der Waals surface area contributed by atoms with Crippen molar-refractivity contribution in [2.45, 2.75) is 57.7 Å². The third kappa shape index (κ3) is 5.03. The van der Waals surface area contributed by atoms with Crippen molar-refractivity contribution in [2.75, 3.05) is 0 Å². The van der Waals surface area contributed by atoms with Gasteiger partial charge in [-0.25, -0.2) is 15.2 Å². The van der Waals surface area contributed by atoms with Gasteiger partial charge in [0.25, 0.3) is 0 Å². The molecule has 0 unspecified atom stereocenters. The van der Waals surface area contributed by atoms with Gasteiger partial charge in [-0.3, -0.25) is 0 Å². The average Bonchev–Trinajstić information content (AvgIpc) is 3.12. The lowest BCUT2D eigenvalue weighted by Crippen LogP contribution is -2.49. The summed E-state index contributed by atoms with van der Waals surface area (Å²) in [5, 5.41) is 1.70. The molecule has 0 radical (unpaired) electrons. The molecule has 3 aromatic rings. The number of amides is 1. The highest BCUT2D eigenvalue weighted by molar-refractivity contribution is 5.69. The number of nitrogens with one attached hydrogen (secondary N) is 1. The van der Waals surface area contributed by atoms with Crippen LogP contribution >= 0.6 is 0 Å². The van der Waals surface area contributed by atoms with Gasteiger partial charge in [0.15, 0.2) is 0 Å². The van der Waals surface area contributed by atoms with E-state index < -0.39 is 5.60 Å². The number of hydrazine groups is 1. The SMILES string of the molecule is CC(C)(C)OC(=O)N1N[C@](C)(c2ccccc2)C[C@@H]1Cc1ccc(-c2ccccc2)cc1. The molecule has 1 amide bonds. The molecule has 1 fully saturated rings. The molecule has 32 heavy (non-hydrogen) atoms. The third-order valence-corrected chi connectivity index (χ3v) is 5.91. The Morgan fingerprint density at radius 1 is 0.938 bits per heavy atom. The Morgan fingerprint density at radius 3 is 2.09 bits per heavy atom. The third-order valence-electron chi connectivity index (χ3n) is 5.91. The zero-order chi connectivity index (χ0) is 22.8. The predicted molar refractivity (Wildman–Crippen MR) is 129 cm³/mol. The summed E-state index contributed by atoms with van der Waals surface area (Å²) in [4.78, 5) is 13.1. The Balaban J connectivity index is 1.57. The summed E-state index contributed by atoms with van der Waals surface area (Å²) >= 11 is 0. The molecule has 1 saturated heterocycles. The summed E-state index contributed by atoms with van der Waals surface area (Å²) in [6.07, 6.45) is 1.23. The smallest absolute Gasteiger partial charge is 0.425 e. The van der Waals surface area contributed by atoms with E-state index in [0.717, 1.165) is 18.4 Å². The summed E-state index contributed by atoms with van der Waals surface area (Å²) in [6.45, 7) is 7.84. The second kappa shape index (κ2) is 8.79. The minimum atomic E-state index is -0.549. The maximum absolute atomic E-state index is 13.1. The zero-order valence-electron chi connectivity index (χ0n) is 19.3. The number of benzene rings is 3. The molecule has 4 nitrogen and oxygen atoms in total. The van der Waals surface area contributed by atoms with Crippen LogP contribution in [0.5, 0.6) is 0 Å². The first-order valence-corrected chi connectivity index (χ1v) is 11.2. The van der Waals surface area contributed by atoms with E-state index in [1.807, 2.05) is 45.0 Å². The Kier molecular flexibility index (Phi) is 6.07. The highest BCUT2D eigenvalue weighted by Gasteiger charge is 2.45. The van der Waals surface area contributed by atoms with Crippen LogP contribution in [0.3, 0.4) is 0 Å². The van der Waals surface area contributed by atoms with Gasteiger partial charge in [0.05, 0.1) is 11.6 Å². The molecule has 4 heteroatoms. The molecule has 0 aromatic heterocycles. The fraction of sp³-hybridized carbons (Fsp3) is 0.321. The number of nitrogens with zero attached hydrogens (tertiary/aromatic N) is 1. The van der Waals surface area contributed by atoms with Crippen molar-refractivity contribution in [3.05, 3.63) is 96.1 Å². The van der Waals surface area contributed by atoms with Gasteiger partial charge in [-0.15, -0.1) is 0 Å². The van der Waals surface area contributed by atoms with Gasteiger partial charge in [-0.05, 0) is 62.8 Å². The lowest BCUT2D eigenvalue weighted by atomic mass is 9.86. The number of ether oxygens (including phenoxy) is 1. The highest BCUT2D eigenvalue weighted by atomic mass is 16.6. The van der Waals surface area contributed by atoms with E-state index in [4.69, 9.17) is 4.74 Å². The molecule has 4 rings (SSSR count). The highest BCUT2D eigenvalue weighted by Crippen LogP contribution is 2.36. The van der Waals surface area contributed by atoms with Crippen LogP contribution in [0.1, 0.15) is 45.2 Å². The number of hydrogen-bond acceptors (Lipinski definition) is 3. The fourth-order valence-electron chi connectivity index (χ4n) is 4.36. The van der Waals surface area contributed by atoms with Crippen molar-refractivity contribution in [3.8, 4) is 11.1 Å². The first-order chi connectivity index (χ1) is 15.2. The van der Waals surface area contributed by atoms with Crippen LogP contribution in [-0.2, 0) is 16.7 Å². The first kappa shape index (κ1) is 22.1. The van der Waals surface area contributed by atoms with Gasteiger partial charge in [0.2, 0.25) is 0 Å². The topological polar surface area (TPSA) is 41.6 Å². The van der Waals surface area contributed by atoms with E-state index in [1.54, 1.807) is 5.01 Å². The van der Waals surface area contributed by atoms with Crippen LogP contribution < -0.4 is 5.43 Å². The van der Waals surface area contributed by atoms with E-state index in [2.05, 4.69) is 73.0 Å². The van der Waals surface area contributed by atoms with E-state index >= 15 is 0 Å². The molecule has 1 N–H and O–H groups in total. The monoisotopic (exact) mass is 428 g/mol. The van der Waals surface area contributed by atoms with Crippen molar-refractivity contribution in [3.63, 3.8) is 0 Å². The van der Waals surface area contributed by atoms with Gasteiger partial charge >= 0.3 is 6.09 Å². The minimum Gasteiger partial charge on any atom is -0.443 e. The molecule has 0 aliphatic carbocycles. The molecule has 3 aromatic carbocycles. The Morgan fingerprint density at radius 2 is 1.50 bits per heavy atom. The number of carbonyl (C=O) groups excluding carboxylic acids is 1. The summed E-state index contributed by atoms with van der Waals surface area (Å²) in [5.74, 6) is 0. The van der Waals surface area contributed by atoms with Gasteiger partial charge in [-0.1, -0.05) is 84.9 Å². The molecule has 2 atom stereocenters. The number of hydrogen-bond donors (Lipinski definition) is 1. The van der Waals surface area contributed by atoms with Crippen molar-refractivity contribution in [2.24, 2.45) is 0 Å². The molecule has 166 valence electrons. The van der Waals surface area contributed by atoms with Crippen molar-refractivity contribution < 1.29 is 9.53 Å². The van der Waals surface area contributed by atoms with E-state index in [9.17, 15) is 4.79 Å². The molecule has 0 spiro atoms. The maximum atomic E-state index is 13.1. The van der Waals surface area contributed by atoms with Crippen LogP contribution in [0, 0.1) is 0 Å². The van der Waals surface area contributed by atoms with E-state index in [1.165, 1.54) is 16.7 Å². The van der Waals surface area contributed by atoms with E-state index in [0.29, 0.717) is 0 Å². The molecule has 1 aliphatic rings. The lowest BCUT2D eigenvalue weighted by Gasteiger charge is -2.30. The second-order valence-corrected chi connectivity index (χ2v) is 9.79. The normalized spacial score (nSPS) is 20.9. The van der Waals surface area contributed by atoms with Crippen molar-refractivity contribution in [1.82, 2.24) is 10.4 Å². The van der Waals surface area contributed by atoms with Gasteiger partial charge in [0.1, 0.15) is 5.60 Å². The molecule has 1 aliphatic heterocycles. The molecular formula is C28H32N2O2.